The summed E-state index contributed by atoms with van der Waals surface area (Å²) in [7, 11) is 4.09. The summed E-state index contributed by atoms with van der Waals surface area (Å²) in [6.07, 6.45) is 4.97. The summed E-state index contributed by atoms with van der Waals surface area (Å²) in [6.45, 7) is 2.63. The first kappa shape index (κ1) is 31.8. The van der Waals surface area contributed by atoms with Crippen LogP contribution in [-0.2, 0) is 22.4 Å². The van der Waals surface area contributed by atoms with E-state index in [4.69, 9.17) is 11.6 Å². The predicted octanol–water partition coefficient (Wildman–Crippen LogP) is 5.56. The van der Waals surface area contributed by atoms with Crippen molar-refractivity contribution in [3.63, 3.8) is 0 Å². The molecule has 2 atom stereocenters. The van der Waals surface area contributed by atoms with E-state index in [2.05, 4.69) is 15.2 Å². The Kier molecular flexibility index (Phi) is 9.75. The van der Waals surface area contributed by atoms with Crippen molar-refractivity contribution >= 4 is 45.9 Å². The summed E-state index contributed by atoms with van der Waals surface area (Å²) < 4.78 is 0. The van der Waals surface area contributed by atoms with Crippen LogP contribution in [0.3, 0.4) is 0 Å². The Hall–Kier alpha value is -4.14. The number of hydrogen-bond acceptors (Lipinski definition) is 4. The van der Waals surface area contributed by atoms with E-state index in [1.807, 2.05) is 103 Å². The molecule has 4 aromatic rings. The molecule has 3 heterocycles. The number of amides is 3. The highest BCUT2D eigenvalue weighted by Crippen LogP contribution is 2.33. The first-order chi connectivity index (χ1) is 22.2. The highest BCUT2D eigenvalue weighted by atomic mass is 35.5. The lowest BCUT2D eigenvalue weighted by Gasteiger charge is -2.38. The summed E-state index contributed by atoms with van der Waals surface area (Å²) in [5.74, 6) is 0.158. The Labute approximate surface area is 275 Å². The number of hydrogen-bond donors (Lipinski definition) is 2. The molecule has 2 aliphatic rings. The molecule has 2 aliphatic heterocycles. The van der Waals surface area contributed by atoms with E-state index in [1.165, 1.54) is 0 Å². The van der Waals surface area contributed by atoms with Crippen molar-refractivity contribution < 1.29 is 14.4 Å². The zero-order valence-electron chi connectivity index (χ0n) is 26.5. The van der Waals surface area contributed by atoms with Crippen LogP contribution in [0, 0.1) is 11.8 Å². The molecule has 46 heavy (non-hydrogen) atoms. The van der Waals surface area contributed by atoms with Gasteiger partial charge in [0.05, 0.1) is 0 Å². The van der Waals surface area contributed by atoms with Gasteiger partial charge in [-0.3, -0.25) is 14.4 Å². The Bertz CT molecular complexity index is 1700. The molecule has 0 radical (unpaired) electrons. The topological polar surface area (TPSA) is 88.8 Å². The number of fused-ring (bicyclic) bond motifs is 2. The quantitative estimate of drug-likeness (QED) is 0.251. The molecule has 3 aromatic carbocycles. The average molecular weight is 640 g/mol. The standard InChI is InChI=1S/C37H42ClN5O3/c1-41(2)23-26-18-28-20-30(38)12-13-34(28)43(24-26)37(46)33(21-29-22-39-32-11-7-6-10-31(29)32)40-35(44)19-25-14-16-42(17-15-25)36(45)27-8-4-3-5-9-27/h3-13,20,22,25-26,33,39H,14-19,21,23-24H2,1-2H3,(H,40,44)/t26?,33-/m1/s1. The number of carbonyl (C=O) groups excluding carboxylic acids is 3. The van der Waals surface area contributed by atoms with Crippen molar-refractivity contribution in [2.75, 3.05) is 45.2 Å². The second kappa shape index (κ2) is 14.1. The van der Waals surface area contributed by atoms with Crippen LogP contribution < -0.4 is 10.2 Å². The number of piperidine rings is 1. The molecule has 0 spiro atoms. The van der Waals surface area contributed by atoms with Crippen molar-refractivity contribution in [1.82, 2.24) is 20.1 Å². The number of rotatable bonds is 9. The third kappa shape index (κ3) is 7.29. The number of halogens is 1. The highest BCUT2D eigenvalue weighted by Gasteiger charge is 2.35. The maximum atomic E-state index is 14.5. The van der Waals surface area contributed by atoms with Gasteiger partial charge in [0.25, 0.3) is 5.91 Å². The number of benzene rings is 3. The van der Waals surface area contributed by atoms with Crippen molar-refractivity contribution in [2.24, 2.45) is 11.8 Å². The second-order valence-corrected chi connectivity index (χ2v) is 13.5. The number of H-pyrrole nitrogens is 1. The van der Waals surface area contributed by atoms with Gasteiger partial charge in [-0.15, -0.1) is 0 Å². The molecule has 0 bridgehead atoms. The normalized spacial score (nSPS) is 17.6. The summed E-state index contributed by atoms with van der Waals surface area (Å²) in [4.78, 5) is 50.3. The van der Waals surface area contributed by atoms with E-state index in [0.717, 1.165) is 53.5 Å². The van der Waals surface area contributed by atoms with Gasteiger partial charge < -0.3 is 25.0 Å². The Morgan fingerprint density at radius 3 is 2.48 bits per heavy atom. The Balaban J connectivity index is 1.19. The van der Waals surface area contributed by atoms with E-state index < -0.39 is 6.04 Å². The smallest absolute Gasteiger partial charge is 0.253 e. The van der Waals surface area contributed by atoms with Crippen LogP contribution in [0.1, 0.15) is 40.7 Å². The van der Waals surface area contributed by atoms with Crippen LogP contribution in [0.5, 0.6) is 0 Å². The zero-order valence-corrected chi connectivity index (χ0v) is 27.3. The molecular formula is C37H42ClN5O3. The van der Waals surface area contributed by atoms with Gasteiger partial charge in [-0.2, -0.15) is 0 Å². The van der Waals surface area contributed by atoms with Gasteiger partial charge in [0.2, 0.25) is 11.8 Å². The number of carbonyl (C=O) groups is 3. The third-order valence-corrected chi connectivity index (χ3v) is 9.53. The minimum atomic E-state index is -0.743. The molecule has 1 unspecified atom stereocenters. The van der Waals surface area contributed by atoms with Gasteiger partial charge in [-0.25, -0.2) is 0 Å². The molecule has 2 N–H and O–H groups in total. The number of nitrogens with one attached hydrogen (secondary N) is 2. The lowest BCUT2D eigenvalue weighted by Crippen LogP contribution is -2.53. The van der Waals surface area contributed by atoms with E-state index in [9.17, 15) is 14.4 Å². The van der Waals surface area contributed by atoms with Crippen molar-refractivity contribution in [2.45, 2.75) is 38.1 Å². The molecule has 1 fully saturated rings. The summed E-state index contributed by atoms with van der Waals surface area (Å²) in [5.41, 5.74) is 4.58. The predicted molar refractivity (Wildman–Crippen MR) is 183 cm³/mol. The maximum Gasteiger partial charge on any atom is 0.253 e. The van der Waals surface area contributed by atoms with Crippen LogP contribution in [-0.4, -0.2) is 78.8 Å². The number of aromatic nitrogens is 1. The molecule has 8 nitrogen and oxygen atoms in total. The molecule has 9 heteroatoms. The van der Waals surface area contributed by atoms with Gasteiger partial charge in [-0.1, -0.05) is 48.0 Å². The molecule has 240 valence electrons. The minimum absolute atomic E-state index is 0.0311. The first-order valence-electron chi connectivity index (χ1n) is 16.2. The number of aromatic amines is 1. The molecule has 3 amide bonds. The zero-order chi connectivity index (χ0) is 32.2. The lowest BCUT2D eigenvalue weighted by atomic mass is 9.90. The van der Waals surface area contributed by atoms with Gasteiger partial charge in [0, 0.05) is 72.4 Å². The second-order valence-electron chi connectivity index (χ2n) is 13.0. The minimum Gasteiger partial charge on any atom is -0.361 e. The monoisotopic (exact) mass is 639 g/mol. The largest absolute Gasteiger partial charge is 0.361 e. The SMILES string of the molecule is CN(C)CC1Cc2cc(Cl)ccc2N(C(=O)[C@@H](Cc2c[nH]c3ccccc23)NC(=O)CC2CCN(C(=O)c3ccccc3)CC2)C1. The van der Waals surface area contributed by atoms with E-state index >= 15 is 0 Å². The van der Waals surface area contributed by atoms with Crippen LogP contribution in [0.25, 0.3) is 10.9 Å². The van der Waals surface area contributed by atoms with Crippen LogP contribution in [0.4, 0.5) is 5.69 Å². The Morgan fingerprint density at radius 1 is 0.978 bits per heavy atom. The van der Waals surface area contributed by atoms with Crippen molar-refractivity contribution in [3.8, 4) is 0 Å². The molecule has 1 saturated heterocycles. The van der Waals surface area contributed by atoms with Crippen LogP contribution >= 0.6 is 11.6 Å². The van der Waals surface area contributed by atoms with Crippen LogP contribution in [0.2, 0.25) is 5.02 Å². The number of anilines is 1. The fourth-order valence-electron chi connectivity index (χ4n) is 7.09. The first-order valence-corrected chi connectivity index (χ1v) is 16.6. The molecule has 0 saturated carbocycles. The van der Waals surface area contributed by atoms with Gasteiger partial charge >= 0.3 is 0 Å². The third-order valence-electron chi connectivity index (χ3n) is 9.30. The number of para-hydroxylation sites is 1. The summed E-state index contributed by atoms with van der Waals surface area (Å²) in [6, 6.07) is 22.3. The number of likely N-dealkylation sites (tertiary alicyclic amines) is 1. The molecule has 6 rings (SSSR count). The van der Waals surface area contributed by atoms with E-state index in [-0.39, 0.29) is 29.6 Å². The van der Waals surface area contributed by atoms with Gasteiger partial charge in [0.1, 0.15) is 6.04 Å². The molecule has 1 aromatic heterocycles. The van der Waals surface area contributed by atoms with Crippen LogP contribution in [0.15, 0.2) is 79.0 Å². The van der Waals surface area contributed by atoms with Crippen molar-refractivity contribution in [3.05, 3.63) is 101 Å². The van der Waals surface area contributed by atoms with Gasteiger partial charge in [0.15, 0.2) is 0 Å². The molecule has 0 aliphatic carbocycles. The maximum absolute atomic E-state index is 14.5. The number of nitrogens with zero attached hydrogens (tertiary/aromatic N) is 3. The fourth-order valence-corrected chi connectivity index (χ4v) is 7.28. The Morgan fingerprint density at radius 2 is 1.72 bits per heavy atom. The fraction of sp³-hybridized carbons (Fsp3) is 0.378. The van der Waals surface area contributed by atoms with E-state index in [1.54, 1.807) is 0 Å². The average Bonchev–Trinajstić information content (AvgIpc) is 3.46. The van der Waals surface area contributed by atoms with Crippen molar-refractivity contribution in [1.29, 1.82) is 0 Å². The highest BCUT2D eigenvalue weighted by molar-refractivity contribution is 6.30. The molecular weight excluding hydrogens is 598 g/mol. The summed E-state index contributed by atoms with van der Waals surface area (Å²) in [5, 5.41) is 4.85. The summed E-state index contributed by atoms with van der Waals surface area (Å²) >= 11 is 6.39. The van der Waals surface area contributed by atoms with Gasteiger partial charge in [-0.05, 0) is 92.7 Å². The van der Waals surface area contributed by atoms with E-state index in [0.29, 0.717) is 43.1 Å². The lowest BCUT2D eigenvalue weighted by molar-refractivity contribution is -0.128.